The molecule has 0 radical (unpaired) electrons. The normalized spacial score (nSPS) is 14.4. The highest BCUT2D eigenvalue weighted by atomic mass is 35.5. The molecule has 1 aliphatic rings. The van der Waals surface area contributed by atoms with Crippen LogP contribution in [0.1, 0.15) is 48.0 Å². The molecule has 1 saturated carbocycles. The van der Waals surface area contributed by atoms with E-state index in [1.807, 2.05) is 13.0 Å². The molecule has 2 aromatic heterocycles. The van der Waals surface area contributed by atoms with Gasteiger partial charge in [0.15, 0.2) is 0 Å². The Bertz CT molecular complexity index is 766. The largest absolute Gasteiger partial charge is 0.349 e. The van der Waals surface area contributed by atoms with Crippen LogP contribution in [0.15, 0.2) is 6.07 Å². The number of amides is 1. The molecule has 1 N–H and O–H groups in total. The van der Waals surface area contributed by atoms with Gasteiger partial charge in [0.1, 0.15) is 12.2 Å². The lowest BCUT2D eigenvalue weighted by Gasteiger charge is -2.08. The molecule has 130 valence electrons. The summed E-state index contributed by atoms with van der Waals surface area (Å²) in [6, 6.07) is 1.87. The maximum atomic E-state index is 13.0. The number of aromatic nitrogens is 4. The van der Waals surface area contributed by atoms with Gasteiger partial charge in [-0.2, -0.15) is 10.2 Å². The zero-order chi connectivity index (χ0) is 17.4. The van der Waals surface area contributed by atoms with E-state index in [0.717, 1.165) is 24.2 Å². The van der Waals surface area contributed by atoms with Crippen LogP contribution in [0.2, 0.25) is 5.02 Å². The van der Waals surface area contributed by atoms with Crippen molar-refractivity contribution in [3.05, 3.63) is 33.9 Å². The molecule has 0 aliphatic heterocycles. The Morgan fingerprint density at radius 3 is 2.71 bits per heavy atom. The van der Waals surface area contributed by atoms with Crippen molar-refractivity contribution in [2.24, 2.45) is 7.05 Å². The lowest BCUT2D eigenvalue weighted by atomic mass is 10.2. The zero-order valence-corrected chi connectivity index (χ0v) is 14.1. The molecule has 0 unspecified atom stereocenters. The van der Waals surface area contributed by atoms with Crippen molar-refractivity contribution in [2.45, 2.75) is 45.2 Å². The minimum Gasteiger partial charge on any atom is -0.349 e. The van der Waals surface area contributed by atoms with Gasteiger partial charge in [0.05, 0.1) is 28.6 Å². The Labute approximate surface area is 142 Å². The Balaban J connectivity index is 1.70. The number of carbonyl (C=O) groups is 1. The van der Waals surface area contributed by atoms with E-state index in [0.29, 0.717) is 12.2 Å². The highest BCUT2D eigenvalue weighted by molar-refractivity contribution is 6.32. The van der Waals surface area contributed by atoms with Crippen LogP contribution in [-0.2, 0) is 24.9 Å². The molecule has 0 saturated heterocycles. The first-order chi connectivity index (χ1) is 11.4. The predicted molar refractivity (Wildman–Crippen MR) is 84.0 cm³/mol. The lowest BCUT2D eigenvalue weighted by Crippen LogP contribution is -2.29. The van der Waals surface area contributed by atoms with Gasteiger partial charge < -0.3 is 5.32 Å². The molecule has 0 aromatic carbocycles. The molecule has 1 aliphatic carbocycles. The summed E-state index contributed by atoms with van der Waals surface area (Å²) < 4.78 is 29.0. The van der Waals surface area contributed by atoms with Gasteiger partial charge in [0, 0.05) is 13.0 Å². The first-order valence-corrected chi connectivity index (χ1v) is 8.05. The van der Waals surface area contributed by atoms with Crippen LogP contribution < -0.4 is 5.32 Å². The molecule has 0 bridgehead atoms. The van der Waals surface area contributed by atoms with Crippen molar-refractivity contribution in [3.8, 4) is 0 Å². The number of carbonyl (C=O) groups excluding carboxylic acids is 1. The number of aryl methyl sites for hydroxylation is 2. The highest BCUT2D eigenvalue weighted by Gasteiger charge is 2.34. The van der Waals surface area contributed by atoms with Crippen LogP contribution in [0.5, 0.6) is 0 Å². The smallest absolute Gasteiger partial charge is 0.283 e. The maximum absolute atomic E-state index is 13.0. The Hall–Kier alpha value is -1.96. The van der Waals surface area contributed by atoms with Crippen molar-refractivity contribution in [1.29, 1.82) is 0 Å². The monoisotopic (exact) mass is 357 g/mol. The molecule has 0 spiro atoms. The minimum atomic E-state index is -2.75. The van der Waals surface area contributed by atoms with E-state index < -0.39 is 12.1 Å². The van der Waals surface area contributed by atoms with Crippen LogP contribution >= 0.6 is 11.6 Å². The van der Waals surface area contributed by atoms with Gasteiger partial charge in [-0.15, -0.1) is 0 Å². The lowest BCUT2D eigenvalue weighted by molar-refractivity contribution is -0.122. The zero-order valence-electron chi connectivity index (χ0n) is 13.4. The molecule has 2 aromatic rings. The van der Waals surface area contributed by atoms with Gasteiger partial charge in [-0.1, -0.05) is 11.6 Å². The standard InChI is InChI=1S/C15H18ClF2N5O/c1-8-5-10(22(2)20-8)6-19-11(24)7-23-14(9-3-4-9)12(16)13(21-23)15(17)18/h5,9,15H,3-4,6-7H2,1-2H3,(H,19,24). The molecule has 6 nitrogen and oxygen atoms in total. The fraction of sp³-hybridized carbons (Fsp3) is 0.533. The van der Waals surface area contributed by atoms with Gasteiger partial charge in [0.25, 0.3) is 6.43 Å². The fourth-order valence-electron chi connectivity index (χ4n) is 2.69. The number of nitrogens with zero attached hydrogens (tertiary/aromatic N) is 4. The number of hydrogen-bond donors (Lipinski definition) is 1. The molecular weight excluding hydrogens is 340 g/mol. The van der Waals surface area contributed by atoms with E-state index >= 15 is 0 Å². The summed E-state index contributed by atoms with van der Waals surface area (Å²) in [6.07, 6.45) is -0.995. The van der Waals surface area contributed by atoms with Crippen molar-refractivity contribution in [2.75, 3.05) is 0 Å². The van der Waals surface area contributed by atoms with E-state index in [1.54, 1.807) is 11.7 Å². The Kier molecular flexibility index (Phi) is 4.58. The van der Waals surface area contributed by atoms with Crippen LogP contribution in [0.25, 0.3) is 0 Å². The average molecular weight is 358 g/mol. The highest BCUT2D eigenvalue weighted by Crippen LogP contribution is 2.45. The van der Waals surface area contributed by atoms with E-state index in [-0.39, 0.29) is 23.4 Å². The molecule has 1 amide bonds. The van der Waals surface area contributed by atoms with Crippen LogP contribution in [0, 0.1) is 6.92 Å². The molecule has 1 fully saturated rings. The van der Waals surface area contributed by atoms with E-state index in [4.69, 9.17) is 11.6 Å². The number of rotatable bonds is 6. The molecule has 2 heterocycles. The first kappa shape index (κ1) is 16.9. The van der Waals surface area contributed by atoms with Crippen molar-refractivity contribution in [3.63, 3.8) is 0 Å². The maximum Gasteiger partial charge on any atom is 0.283 e. The van der Waals surface area contributed by atoms with E-state index in [1.165, 1.54) is 4.68 Å². The summed E-state index contributed by atoms with van der Waals surface area (Å²) in [5.74, 6) is -0.194. The van der Waals surface area contributed by atoms with Crippen molar-refractivity contribution < 1.29 is 13.6 Å². The van der Waals surface area contributed by atoms with E-state index in [9.17, 15) is 13.6 Å². The van der Waals surface area contributed by atoms with Crippen molar-refractivity contribution in [1.82, 2.24) is 24.9 Å². The summed E-state index contributed by atoms with van der Waals surface area (Å²) in [4.78, 5) is 12.2. The number of hydrogen-bond acceptors (Lipinski definition) is 3. The fourth-order valence-corrected chi connectivity index (χ4v) is 3.06. The third kappa shape index (κ3) is 3.43. The molecular formula is C15H18ClF2N5O. The second-order valence-electron chi connectivity index (χ2n) is 5.99. The second-order valence-corrected chi connectivity index (χ2v) is 6.37. The van der Waals surface area contributed by atoms with Gasteiger partial charge >= 0.3 is 0 Å². The minimum absolute atomic E-state index is 0.0115. The molecule has 0 atom stereocenters. The van der Waals surface area contributed by atoms with Crippen LogP contribution in [0.4, 0.5) is 8.78 Å². The van der Waals surface area contributed by atoms with E-state index in [2.05, 4.69) is 15.5 Å². The van der Waals surface area contributed by atoms with Gasteiger partial charge in [-0.25, -0.2) is 8.78 Å². The number of alkyl halides is 2. The average Bonchev–Trinajstić information content (AvgIpc) is 3.20. The molecule has 24 heavy (non-hydrogen) atoms. The van der Waals surface area contributed by atoms with Gasteiger partial charge in [-0.3, -0.25) is 14.2 Å². The summed E-state index contributed by atoms with van der Waals surface area (Å²) in [7, 11) is 1.79. The number of nitrogens with one attached hydrogen (secondary N) is 1. The second kappa shape index (κ2) is 6.51. The van der Waals surface area contributed by atoms with Crippen LogP contribution in [-0.4, -0.2) is 25.5 Å². The van der Waals surface area contributed by atoms with Gasteiger partial charge in [0.2, 0.25) is 5.91 Å². The summed E-state index contributed by atoms with van der Waals surface area (Å²) in [5, 5.41) is 10.8. The summed E-state index contributed by atoms with van der Waals surface area (Å²) in [5.41, 5.74) is 1.81. The molecule has 3 rings (SSSR count). The summed E-state index contributed by atoms with van der Waals surface area (Å²) in [6.45, 7) is 2.05. The number of halogens is 3. The predicted octanol–water partition coefficient (Wildman–Crippen LogP) is 2.71. The molecule has 9 heteroatoms. The van der Waals surface area contributed by atoms with Gasteiger partial charge in [-0.05, 0) is 25.8 Å². The Morgan fingerprint density at radius 2 is 2.17 bits per heavy atom. The first-order valence-electron chi connectivity index (χ1n) is 7.67. The van der Waals surface area contributed by atoms with Crippen molar-refractivity contribution >= 4 is 17.5 Å². The Morgan fingerprint density at radius 1 is 1.46 bits per heavy atom. The van der Waals surface area contributed by atoms with Crippen LogP contribution in [0.3, 0.4) is 0 Å². The topological polar surface area (TPSA) is 64.7 Å². The SMILES string of the molecule is Cc1cc(CNC(=O)Cn2nc(C(F)F)c(Cl)c2C2CC2)n(C)n1. The third-order valence-electron chi connectivity index (χ3n) is 3.99. The summed E-state index contributed by atoms with van der Waals surface area (Å²) >= 11 is 6.03. The quantitative estimate of drug-likeness (QED) is 0.864. The third-order valence-corrected chi connectivity index (χ3v) is 4.37.